The minimum Gasteiger partial charge on any atom is -0.308 e. The highest BCUT2D eigenvalue weighted by atomic mass is 15.2. The fraction of sp³-hybridized carbons (Fsp3) is 0.706. The highest BCUT2D eigenvalue weighted by molar-refractivity contribution is 5.25. The lowest BCUT2D eigenvalue weighted by atomic mass is 9.82. The van der Waals surface area contributed by atoms with E-state index in [2.05, 4.69) is 49.2 Å². The predicted octanol–water partition coefficient (Wildman–Crippen LogP) is 3.31. The van der Waals surface area contributed by atoms with E-state index in [1.165, 1.54) is 43.2 Å². The molecule has 0 aliphatic heterocycles. The van der Waals surface area contributed by atoms with Crippen molar-refractivity contribution in [2.75, 3.05) is 20.6 Å². The van der Waals surface area contributed by atoms with Gasteiger partial charge >= 0.3 is 0 Å². The van der Waals surface area contributed by atoms with Gasteiger partial charge in [0.25, 0.3) is 0 Å². The van der Waals surface area contributed by atoms with E-state index in [1.807, 2.05) is 12.4 Å². The Morgan fingerprint density at radius 3 is 2.55 bits per heavy atom. The fourth-order valence-corrected chi connectivity index (χ4v) is 3.62. The van der Waals surface area contributed by atoms with E-state index >= 15 is 0 Å². The van der Waals surface area contributed by atoms with Crippen molar-refractivity contribution in [3.05, 3.63) is 29.6 Å². The second kappa shape index (κ2) is 6.68. The van der Waals surface area contributed by atoms with Gasteiger partial charge in [0, 0.05) is 17.9 Å². The Kier molecular flexibility index (Phi) is 5.17. The third-order valence-electron chi connectivity index (χ3n) is 4.73. The summed E-state index contributed by atoms with van der Waals surface area (Å²) in [4.78, 5) is 6.86. The highest BCUT2D eigenvalue weighted by Gasteiger charge is 2.43. The molecule has 3 heteroatoms. The van der Waals surface area contributed by atoms with Crippen LogP contribution in [0.1, 0.15) is 56.2 Å². The number of nitrogens with zero attached hydrogens (tertiary/aromatic N) is 2. The van der Waals surface area contributed by atoms with Crippen LogP contribution in [0.2, 0.25) is 0 Å². The van der Waals surface area contributed by atoms with E-state index in [-0.39, 0.29) is 5.54 Å². The van der Waals surface area contributed by atoms with Crippen LogP contribution in [-0.4, -0.2) is 36.1 Å². The lowest BCUT2D eigenvalue weighted by Gasteiger charge is -2.44. The summed E-state index contributed by atoms with van der Waals surface area (Å²) < 4.78 is 0. The maximum absolute atomic E-state index is 4.42. The van der Waals surface area contributed by atoms with Crippen LogP contribution in [0.25, 0.3) is 0 Å². The second-order valence-corrected chi connectivity index (χ2v) is 6.39. The summed E-state index contributed by atoms with van der Waals surface area (Å²) in [6.07, 6.45) is 10.4. The van der Waals surface area contributed by atoms with Crippen molar-refractivity contribution in [3.8, 4) is 0 Å². The van der Waals surface area contributed by atoms with Crippen molar-refractivity contribution in [1.29, 1.82) is 0 Å². The van der Waals surface area contributed by atoms with Gasteiger partial charge in [-0.15, -0.1) is 0 Å². The van der Waals surface area contributed by atoms with Gasteiger partial charge in [0.1, 0.15) is 0 Å². The molecule has 1 saturated carbocycles. The standard InChI is InChI=1S/C17H29N3/c1-5-10-19-16(15-11-14(2)12-18-13-15)17(20(3)4)8-6-7-9-17/h11-13,16,19H,5-10H2,1-4H3. The highest BCUT2D eigenvalue weighted by Crippen LogP contribution is 2.43. The van der Waals surface area contributed by atoms with Crippen LogP contribution in [0, 0.1) is 6.92 Å². The summed E-state index contributed by atoms with van der Waals surface area (Å²) in [5, 5.41) is 3.80. The molecule has 0 aromatic carbocycles. The zero-order valence-corrected chi connectivity index (χ0v) is 13.4. The van der Waals surface area contributed by atoms with E-state index < -0.39 is 0 Å². The lowest BCUT2D eigenvalue weighted by molar-refractivity contribution is 0.104. The van der Waals surface area contributed by atoms with Gasteiger partial charge in [-0.05, 0) is 58.0 Å². The number of rotatable bonds is 6. The predicted molar refractivity (Wildman–Crippen MR) is 84.9 cm³/mol. The summed E-state index contributed by atoms with van der Waals surface area (Å²) in [5.41, 5.74) is 2.83. The Morgan fingerprint density at radius 2 is 2.00 bits per heavy atom. The maximum Gasteiger partial charge on any atom is 0.0522 e. The van der Waals surface area contributed by atoms with Crippen LogP contribution < -0.4 is 5.32 Å². The monoisotopic (exact) mass is 275 g/mol. The Hall–Kier alpha value is -0.930. The van der Waals surface area contributed by atoms with E-state index in [9.17, 15) is 0 Å². The van der Waals surface area contributed by atoms with E-state index in [4.69, 9.17) is 0 Å². The quantitative estimate of drug-likeness (QED) is 0.863. The Labute approximate surface area is 123 Å². The third-order valence-corrected chi connectivity index (χ3v) is 4.73. The first-order valence-electron chi connectivity index (χ1n) is 7.92. The Balaban J connectivity index is 2.35. The number of likely N-dealkylation sites (N-methyl/N-ethyl adjacent to an activating group) is 1. The molecule has 1 aliphatic carbocycles. The molecule has 0 saturated heterocycles. The fourth-order valence-electron chi connectivity index (χ4n) is 3.62. The van der Waals surface area contributed by atoms with Crippen molar-refractivity contribution >= 4 is 0 Å². The number of nitrogens with one attached hydrogen (secondary N) is 1. The molecule has 1 aromatic rings. The molecule has 0 amide bonds. The first-order chi connectivity index (χ1) is 9.60. The zero-order chi connectivity index (χ0) is 14.6. The zero-order valence-electron chi connectivity index (χ0n) is 13.4. The average molecular weight is 275 g/mol. The molecule has 2 rings (SSSR count). The van der Waals surface area contributed by atoms with Crippen LogP contribution in [0.5, 0.6) is 0 Å². The normalized spacial score (nSPS) is 19.4. The van der Waals surface area contributed by atoms with E-state index in [1.54, 1.807) is 0 Å². The molecule has 0 bridgehead atoms. The maximum atomic E-state index is 4.42. The number of aromatic nitrogens is 1. The summed E-state index contributed by atoms with van der Waals surface area (Å²) in [5.74, 6) is 0. The lowest BCUT2D eigenvalue weighted by Crippen LogP contribution is -2.52. The van der Waals surface area contributed by atoms with Gasteiger partial charge in [0.2, 0.25) is 0 Å². The first-order valence-corrected chi connectivity index (χ1v) is 7.92. The Bertz CT molecular complexity index is 422. The van der Waals surface area contributed by atoms with E-state index in [0.29, 0.717) is 6.04 Å². The van der Waals surface area contributed by atoms with Gasteiger partial charge in [0.05, 0.1) is 6.04 Å². The molecule has 0 radical (unpaired) electrons. The summed E-state index contributed by atoms with van der Waals surface area (Å²) in [7, 11) is 4.46. The second-order valence-electron chi connectivity index (χ2n) is 6.39. The molecule has 1 heterocycles. The summed E-state index contributed by atoms with van der Waals surface area (Å²) >= 11 is 0. The first kappa shape index (κ1) is 15.5. The third kappa shape index (κ3) is 3.04. The topological polar surface area (TPSA) is 28.2 Å². The number of pyridine rings is 1. The van der Waals surface area contributed by atoms with Gasteiger partial charge in [-0.3, -0.25) is 4.98 Å². The smallest absolute Gasteiger partial charge is 0.0522 e. The van der Waals surface area contributed by atoms with Crippen molar-refractivity contribution in [3.63, 3.8) is 0 Å². The molecule has 0 spiro atoms. The summed E-state index contributed by atoms with van der Waals surface area (Å²) in [6, 6.07) is 2.68. The number of hydrogen-bond acceptors (Lipinski definition) is 3. The number of hydrogen-bond donors (Lipinski definition) is 1. The van der Waals surface area contributed by atoms with Crippen LogP contribution in [-0.2, 0) is 0 Å². The Morgan fingerprint density at radius 1 is 1.30 bits per heavy atom. The molecule has 1 aromatic heterocycles. The van der Waals surface area contributed by atoms with Gasteiger partial charge in [-0.25, -0.2) is 0 Å². The number of aryl methyl sites for hydroxylation is 1. The molecule has 1 atom stereocenters. The van der Waals surface area contributed by atoms with Gasteiger partial charge in [0.15, 0.2) is 0 Å². The van der Waals surface area contributed by atoms with Crippen LogP contribution >= 0.6 is 0 Å². The summed E-state index contributed by atoms with van der Waals surface area (Å²) in [6.45, 7) is 5.42. The van der Waals surface area contributed by atoms with Gasteiger partial charge < -0.3 is 10.2 Å². The molecule has 1 fully saturated rings. The van der Waals surface area contributed by atoms with Crippen LogP contribution in [0.4, 0.5) is 0 Å². The molecule has 1 aliphatic rings. The molecular weight excluding hydrogens is 246 g/mol. The molecule has 1 N–H and O–H groups in total. The van der Waals surface area contributed by atoms with E-state index in [0.717, 1.165) is 6.54 Å². The van der Waals surface area contributed by atoms with Crippen molar-refractivity contribution in [2.24, 2.45) is 0 Å². The molecule has 112 valence electrons. The van der Waals surface area contributed by atoms with Crippen LogP contribution in [0.3, 0.4) is 0 Å². The molecule has 1 unspecified atom stereocenters. The van der Waals surface area contributed by atoms with Gasteiger partial charge in [-0.2, -0.15) is 0 Å². The SMILES string of the molecule is CCCNC(c1cncc(C)c1)C1(N(C)C)CCCC1. The average Bonchev–Trinajstić information content (AvgIpc) is 2.90. The largest absolute Gasteiger partial charge is 0.308 e. The van der Waals surface area contributed by atoms with Crippen molar-refractivity contribution < 1.29 is 0 Å². The molecule has 20 heavy (non-hydrogen) atoms. The molecular formula is C17H29N3. The minimum atomic E-state index is 0.241. The minimum absolute atomic E-state index is 0.241. The van der Waals surface area contributed by atoms with Crippen LogP contribution in [0.15, 0.2) is 18.5 Å². The van der Waals surface area contributed by atoms with Crippen molar-refractivity contribution in [2.45, 2.75) is 57.5 Å². The molecule has 3 nitrogen and oxygen atoms in total. The van der Waals surface area contributed by atoms with Gasteiger partial charge in [-0.1, -0.05) is 25.8 Å². The van der Waals surface area contributed by atoms with Crippen molar-refractivity contribution in [1.82, 2.24) is 15.2 Å².